The Balaban J connectivity index is 1.52. The summed E-state index contributed by atoms with van der Waals surface area (Å²) in [5, 5.41) is 4.25. The molecule has 1 N–H and O–H groups in total. The van der Waals surface area contributed by atoms with Crippen LogP contribution < -0.4 is 5.32 Å². The van der Waals surface area contributed by atoms with E-state index in [0.29, 0.717) is 18.5 Å². The molecule has 0 amide bonds. The molecule has 29 heavy (non-hydrogen) atoms. The van der Waals surface area contributed by atoms with E-state index in [2.05, 4.69) is 16.9 Å². The van der Waals surface area contributed by atoms with E-state index in [1.807, 2.05) is 23.8 Å². The molecule has 7 heteroatoms. The van der Waals surface area contributed by atoms with Gasteiger partial charge in [-0.25, -0.2) is 4.39 Å². The third-order valence-electron chi connectivity index (χ3n) is 4.80. The van der Waals surface area contributed by atoms with Crippen molar-refractivity contribution in [3.63, 3.8) is 0 Å². The van der Waals surface area contributed by atoms with Crippen LogP contribution in [-0.4, -0.2) is 15.7 Å². The van der Waals surface area contributed by atoms with E-state index in [4.69, 9.17) is 0 Å². The van der Waals surface area contributed by atoms with Gasteiger partial charge in [0, 0.05) is 37.5 Å². The predicted molar refractivity (Wildman–Crippen MR) is 106 cm³/mol. The maximum absolute atomic E-state index is 13.5. The standard InChI is InChI=1S/C22H23F4N3/c1-15(8-11-29-12-9-18-4-5-19(23)13-21(18)29)28-16(2)20-6-3-17(14-27-20)7-10-22(24,25)26/h3-6,9,12-14,16,28H,1,7-8,10-11H2,2H3/t16-/m1/s1. The molecule has 0 spiro atoms. The molecule has 0 radical (unpaired) electrons. The van der Waals surface area contributed by atoms with Crippen molar-refractivity contribution in [1.82, 2.24) is 14.9 Å². The van der Waals surface area contributed by atoms with E-state index in [1.54, 1.807) is 18.2 Å². The lowest BCUT2D eigenvalue weighted by Crippen LogP contribution is -2.19. The Labute approximate surface area is 167 Å². The average molecular weight is 405 g/mol. The van der Waals surface area contributed by atoms with Gasteiger partial charge in [-0.3, -0.25) is 4.98 Å². The zero-order valence-corrected chi connectivity index (χ0v) is 16.1. The van der Waals surface area contributed by atoms with Crippen LogP contribution in [0, 0.1) is 5.82 Å². The number of nitrogens with one attached hydrogen (secondary N) is 1. The molecule has 0 saturated heterocycles. The Morgan fingerprint density at radius 1 is 1.21 bits per heavy atom. The number of hydrogen-bond acceptors (Lipinski definition) is 2. The zero-order valence-electron chi connectivity index (χ0n) is 16.1. The summed E-state index contributed by atoms with van der Waals surface area (Å²) in [5.74, 6) is -0.271. The molecule has 0 bridgehead atoms. The minimum Gasteiger partial charge on any atom is -0.381 e. The van der Waals surface area contributed by atoms with Crippen LogP contribution in [0.15, 0.2) is 61.1 Å². The quantitative estimate of drug-likeness (QED) is 0.471. The van der Waals surface area contributed by atoms with Gasteiger partial charge in [-0.2, -0.15) is 13.2 Å². The van der Waals surface area contributed by atoms with Crippen molar-refractivity contribution in [2.75, 3.05) is 0 Å². The number of fused-ring (bicyclic) bond motifs is 1. The number of aryl methyl sites for hydroxylation is 2. The normalized spacial score (nSPS) is 12.9. The number of halogens is 4. The molecule has 154 valence electrons. The Morgan fingerprint density at radius 3 is 2.69 bits per heavy atom. The Hall–Kier alpha value is -2.83. The molecule has 0 fully saturated rings. The van der Waals surface area contributed by atoms with Crippen molar-refractivity contribution in [3.8, 4) is 0 Å². The largest absolute Gasteiger partial charge is 0.389 e. The van der Waals surface area contributed by atoms with E-state index >= 15 is 0 Å². The Morgan fingerprint density at radius 2 is 2.00 bits per heavy atom. The third kappa shape index (κ3) is 5.82. The smallest absolute Gasteiger partial charge is 0.381 e. The van der Waals surface area contributed by atoms with Crippen LogP contribution in [0.5, 0.6) is 0 Å². The second kappa shape index (κ2) is 8.68. The first-order chi connectivity index (χ1) is 13.7. The molecular formula is C22H23F4N3. The van der Waals surface area contributed by atoms with Gasteiger partial charge in [-0.15, -0.1) is 0 Å². The summed E-state index contributed by atoms with van der Waals surface area (Å²) in [7, 11) is 0. The Kier molecular flexibility index (Phi) is 6.25. The molecular weight excluding hydrogens is 382 g/mol. The first kappa shape index (κ1) is 20.9. The number of pyridine rings is 1. The number of hydrogen-bond donors (Lipinski definition) is 1. The lowest BCUT2D eigenvalue weighted by atomic mass is 10.1. The molecule has 0 unspecified atom stereocenters. The fourth-order valence-corrected chi connectivity index (χ4v) is 3.19. The molecule has 2 aromatic heterocycles. The second-order valence-electron chi connectivity index (χ2n) is 7.14. The summed E-state index contributed by atoms with van der Waals surface area (Å²) < 4.78 is 52.4. The predicted octanol–water partition coefficient (Wildman–Crippen LogP) is 5.92. The number of nitrogens with zero attached hydrogens (tertiary/aromatic N) is 2. The van der Waals surface area contributed by atoms with Gasteiger partial charge in [0.2, 0.25) is 0 Å². The summed E-state index contributed by atoms with van der Waals surface area (Å²) in [6, 6.07) is 9.93. The molecule has 3 aromatic rings. The van der Waals surface area contributed by atoms with E-state index in [1.165, 1.54) is 18.3 Å². The summed E-state index contributed by atoms with van der Waals surface area (Å²) in [6.07, 6.45) is -1.03. The number of rotatable bonds is 8. The van der Waals surface area contributed by atoms with Gasteiger partial charge in [-0.1, -0.05) is 12.6 Å². The Bertz CT molecular complexity index is 974. The van der Waals surface area contributed by atoms with Crippen molar-refractivity contribution in [3.05, 3.63) is 78.1 Å². The topological polar surface area (TPSA) is 29.9 Å². The second-order valence-corrected chi connectivity index (χ2v) is 7.14. The van der Waals surface area contributed by atoms with Crippen LogP contribution in [0.1, 0.15) is 37.1 Å². The highest BCUT2D eigenvalue weighted by Crippen LogP contribution is 2.22. The van der Waals surface area contributed by atoms with Crippen LogP contribution in [0.2, 0.25) is 0 Å². The van der Waals surface area contributed by atoms with Gasteiger partial charge in [0.1, 0.15) is 5.82 Å². The average Bonchev–Trinajstić information content (AvgIpc) is 3.06. The maximum Gasteiger partial charge on any atom is 0.389 e. The van der Waals surface area contributed by atoms with Gasteiger partial charge < -0.3 is 9.88 Å². The van der Waals surface area contributed by atoms with Gasteiger partial charge in [0.05, 0.1) is 17.3 Å². The van der Waals surface area contributed by atoms with Crippen molar-refractivity contribution in [1.29, 1.82) is 0 Å². The first-order valence-electron chi connectivity index (χ1n) is 9.41. The molecule has 3 nitrogen and oxygen atoms in total. The third-order valence-corrected chi connectivity index (χ3v) is 4.80. The van der Waals surface area contributed by atoms with Crippen molar-refractivity contribution in [2.24, 2.45) is 0 Å². The van der Waals surface area contributed by atoms with Crippen LogP contribution in [0.4, 0.5) is 17.6 Å². The fourth-order valence-electron chi connectivity index (χ4n) is 3.19. The molecule has 1 atom stereocenters. The maximum atomic E-state index is 13.5. The minimum atomic E-state index is -4.16. The molecule has 0 aliphatic carbocycles. The van der Waals surface area contributed by atoms with Crippen molar-refractivity contribution < 1.29 is 17.6 Å². The molecule has 2 heterocycles. The lowest BCUT2D eigenvalue weighted by Gasteiger charge is -2.17. The van der Waals surface area contributed by atoms with Crippen molar-refractivity contribution in [2.45, 2.75) is 44.9 Å². The van der Waals surface area contributed by atoms with E-state index in [9.17, 15) is 17.6 Å². The van der Waals surface area contributed by atoms with Crippen LogP contribution in [0.25, 0.3) is 10.9 Å². The highest BCUT2D eigenvalue weighted by Gasteiger charge is 2.26. The molecule has 0 saturated carbocycles. The first-order valence-corrected chi connectivity index (χ1v) is 9.41. The van der Waals surface area contributed by atoms with Crippen LogP contribution in [0.3, 0.4) is 0 Å². The van der Waals surface area contributed by atoms with E-state index in [-0.39, 0.29) is 18.3 Å². The SMILES string of the molecule is C=C(CCn1ccc2ccc(F)cc21)N[C@H](C)c1ccc(CCC(F)(F)F)cn1. The molecule has 3 rings (SSSR count). The highest BCUT2D eigenvalue weighted by atomic mass is 19.4. The molecule has 0 aliphatic rings. The summed E-state index contributed by atoms with van der Waals surface area (Å²) in [5.41, 5.74) is 2.93. The van der Waals surface area contributed by atoms with Crippen LogP contribution in [-0.2, 0) is 13.0 Å². The van der Waals surface area contributed by atoms with Gasteiger partial charge >= 0.3 is 6.18 Å². The van der Waals surface area contributed by atoms with Crippen LogP contribution >= 0.6 is 0 Å². The summed E-state index contributed by atoms with van der Waals surface area (Å²) in [6.45, 7) is 6.61. The van der Waals surface area contributed by atoms with Gasteiger partial charge in [0.25, 0.3) is 0 Å². The lowest BCUT2D eigenvalue weighted by molar-refractivity contribution is -0.134. The van der Waals surface area contributed by atoms with Gasteiger partial charge in [-0.05, 0) is 54.6 Å². The summed E-state index contributed by atoms with van der Waals surface area (Å²) in [4.78, 5) is 4.28. The number of allylic oxidation sites excluding steroid dienone is 1. The number of benzene rings is 1. The minimum absolute atomic E-state index is 0.0727. The highest BCUT2D eigenvalue weighted by molar-refractivity contribution is 5.80. The van der Waals surface area contributed by atoms with E-state index < -0.39 is 12.6 Å². The summed E-state index contributed by atoms with van der Waals surface area (Å²) >= 11 is 0. The molecule has 0 aliphatic heterocycles. The zero-order chi connectivity index (χ0) is 21.0. The molecule has 1 aromatic carbocycles. The monoisotopic (exact) mass is 405 g/mol. The number of alkyl halides is 3. The van der Waals surface area contributed by atoms with Gasteiger partial charge in [0.15, 0.2) is 0 Å². The van der Waals surface area contributed by atoms with E-state index in [0.717, 1.165) is 22.3 Å². The number of aromatic nitrogens is 2. The fraction of sp³-hybridized carbons (Fsp3) is 0.318. The van der Waals surface area contributed by atoms with Crippen molar-refractivity contribution >= 4 is 10.9 Å².